The van der Waals surface area contributed by atoms with Crippen LogP contribution >= 0.6 is 11.6 Å². The maximum atomic E-state index is 13.0. The van der Waals surface area contributed by atoms with E-state index in [0.717, 1.165) is 26.2 Å². The molecule has 3 rings (SSSR count). The Labute approximate surface area is 120 Å². The summed E-state index contributed by atoms with van der Waals surface area (Å²) < 4.78 is 18.2. The van der Waals surface area contributed by atoms with Crippen LogP contribution < -0.4 is 5.32 Å². The Bertz CT molecular complexity index is 598. The molecule has 106 valence electrons. The van der Waals surface area contributed by atoms with Crippen LogP contribution in [0, 0.1) is 5.82 Å². The van der Waals surface area contributed by atoms with Gasteiger partial charge in [-0.3, -0.25) is 4.90 Å². The molecule has 0 saturated carbocycles. The Balaban J connectivity index is 1.75. The molecule has 0 atom stereocenters. The number of hydrogen-bond donors (Lipinski definition) is 1. The lowest BCUT2D eigenvalue weighted by molar-refractivity contribution is 0.225. The molecular formula is C13H14ClFN4O. The predicted octanol–water partition coefficient (Wildman–Crippen LogP) is 1.93. The van der Waals surface area contributed by atoms with E-state index in [1.807, 2.05) is 0 Å². The van der Waals surface area contributed by atoms with Gasteiger partial charge in [-0.1, -0.05) is 16.8 Å². The number of rotatable bonds is 3. The molecule has 0 amide bonds. The van der Waals surface area contributed by atoms with Crippen LogP contribution in [0.2, 0.25) is 5.02 Å². The Morgan fingerprint density at radius 2 is 2.15 bits per heavy atom. The number of aromatic nitrogens is 2. The first kappa shape index (κ1) is 13.5. The molecule has 1 fully saturated rings. The number of nitrogens with zero attached hydrogens (tertiary/aromatic N) is 3. The normalized spacial score (nSPS) is 16.5. The summed E-state index contributed by atoms with van der Waals surface area (Å²) in [5.74, 6) is 0.543. The quantitative estimate of drug-likeness (QED) is 0.938. The molecule has 1 aromatic heterocycles. The molecule has 20 heavy (non-hydrogen) atoms. The van der Waals surface area contributed by atoms with E-state index in [2.05, 4.69) is 20.4 Å². The van der Waals surface area contributed by atoms with E-state index in [1.54, 1.807) is 6.07 Å². The summed E-state index contributed by atoms with van der Waals surface area (Å²) in [6, 6.07) is 4.10. The van der Waals surface area contributed by atoms with Crippen molar-refractivity contribution in [1.82, 2.24) is 20.4 Å². The molecule has 0 radical (unpaired) electrons. The topological polar surface area (TPSA) is 54.2 Å². The minimum atomic E-state index is -0.390. The highest BCUT2D eigenvalue weighted by molar-refractivity contribution is 6.33. The number of piperazine rings is 1. The van der Waals surface area contributed by atoms with Gasteiger partial charge in [0.25, 0.3) is 5.89 Å². The van der Waals surface area contributed by atoms with Crippen LogP contribution in [0.25, 0.3) is 11.5 Å². The Morgan fingerprint density at radius 3 is 2.90 bits per heavy atom. The van der Waals surface area contributed by atoms with Gasteiger partial charge in [-0.2, -0.15) is 4.98 Å². The van der Waals surface area contributed by atoms with Crippen molar-refractivity contribution in [2.45, 2.75) is 6.54 Å². The molecule has 2 aromatic rings. The van der Waals surface area contributed by atoms with E-state index in [-0.39, 0.29) is 10.8 Å². The van der Waals surface area contributed by atoms with Crippen molar-refractivity contribution in [3.05, 3.63) is 34.9 Å². The van der Waals surface area contributed by atoms with Gasteiger partial charge in [-0.25, -0.2) is 4.39 Å². The van der Waals surface area contributed by atoms with Gasteiger partial charge in [-0.15, -0.1) is 0 Å². The van der Waals surface area contributed by atoms with Crippen molar-refractivity contribution in [3.8, 4) is 11.5 Å². The SMILES string of the molecule is Fc1ccc(-c2nc(CN3CCNCC3)no2)c(Cl)c1. The summed E-state index contributed by atoms with van der Waals surface area (Å²) >= 11 is 5.98. The largest absolute Gasteiger partial charge is 0.334 e. The molecular weight excluding hydrogens is 283 g/mol. The maximum Gasteiger partial charge on any atom is 0.259 e. The second kappa shape index (κ2) is 5.87. The average Bonchev–Trinajstić information content (AvgIpc) is 2.88. The molecule has 0 unspecified atom stereocenters. The third-order valence-electron chi connectivity index (χ3n) is 3.20. The van der Waals surface area contributed by atoms with Crippen LogP contribution in [-0.4, -0.2) is 41.2 Å². The van der Waals surface area contributed by atoms with Crippen molar-refractivity contribution in [3.63, 3.8) is 0 Å². The van der Waals surface area contributed by atoms with E-state index >= 15 is 0 Å². The van der Waals surface area contributed by atoms with Crippen molar-refractivity contribution in [2.75, 3.05) is 26.2 Å². The van der Waals surface area contributed by atoms with Crippen molar-refractivity contribution in [1.29, 1.82) is 0 Å². The highest BCUT2D eigenvalue weighted by Gasteiger charge is 2.16. The zero-order valence-electron chi connectivity index (χ0n) is 10.8. The summed E-state index contributed by atoms with van der Waals surface area (Å²) in [5.41, 5.74) is 0.548. The average molecular weight is 297 g/mol. The van der Waals surface area contributed by atoms with Gasteiger partial charge in [0.2, 0.25) is 0 Å². The highest BCUT2D eigenvalue weighted by atomic mass is 35.5. The Hall–Kier alpha value is -1.50. The third kappa shape index (κ3) is 2.98. The van der Waals surface area contributed by atoms with Gasteiger partial charge >= 0.3 is 0 Å². The van der Waals surface area contributed by atoms with E-state index in [0.29, 0.717) is 23.8 Å². The number of nitrogens with one attached hydrogen (secondary N) is 1. The van der Waals surface area contributed by atoms with E-state index in [1.165, 1.54) is 12.1 Å². The number of hydrogen-bond acceptors (Lipinski definition) is 5. The summed E-state index contributed by atoms with van der Waals surface area (Å²) in [4.78, 5) is 6.57. The predicted molar refractivity (Wildman–Crippen MR) is 72.8 cm³/mol. The lowest BCUT2D eigenvalue weighted by Gasteiger charge is -2.25. The second-order valence-corrected chi connectivity index (χ2v) is 5.07. The molecule has 0 aliphatic carbocycles. The standard InChI is InChI=1S/C13H14ClFN4O/c14-11-7-9(15)1-2-10(11)13-17-12(18-20-13)8-19-5-3-16-4-6-19/h1-2,7,16H,3-6,8H2. The monoisotopic (exact) mass is 296 g/mol. The smallest absolute Gasteiger partial charge is 0.259 e. The molecule has 7 heteroatoms. The van der Waals surface area contributed by atoms with Gasteiger partial charge in [0.1, 0.15) is 5.82 Å². The molecule has 1 aliphatic heterocycles. The summed E-state index contributed by atoms with van der Waals surface area (Å²) in [6.45, 7) is 4.50. The molecule has 2 heterocycles. The highest BCUT2D eigenvalue weighted by Crippen LogP contribution is 2.27. The summed E-state index contributed by atoms with van der Waals surface area (Å²) in [6.07, 6.45) is 0. The molecule has 5 nitrogen and oxygen atoms in total. The second-order valence-electron chi connectivity index (χ2n) is 4.67. The third-order valence-corrected chi connectivity index (χ3v) is 3.52. The summed E-state index contributed by atoms with van der Waals surface area (Å²) in [5, 5.41) is 7.50. The lowest BCUT2D eigenvalue weighted by Crippen LogP contribution is -2.43. The molecule has 1 saturated heterocycles. The fourth-order valence-corrected chi connectivity index (χ4v) is 2.41. The first-order chi connectivity index (χ1) is 9.72. The molecule has 1 aliphatic rings. The minimum absolute atomic E-state index is 0.266. The fourth-order valence-electron chi connectivity index (χ4n) is 2.16. The molecule has 1 N–H and O–H groups in total. The first-order valence-electron chi connectivity index (χ1n) is 6.43. The minimum Gasteiger partial charge on any atom is -0.334 e. The van der Waals surface area contributed by atoms with Gasteiger partial charge < -0.3 is 9.84 Å². The first-order valence-corrected chi connectivity index (χ1v) is 6.81. The van der Waals surface area contributed by atoms with E-state index in [4.69, 9.17) is 16.1 Å². The zero-order valence-corrected chi connectivity index (χ0v) is 11.5. The number of benzene rings is 1. The molecule has 0 bridgehead atoms. The zero-order chi connectivity index (χ0) is 13.9. The van der Waals surface area contributed by atoms with Gasteiger partial charge in [0.05, 0.1) is 17.1 Å². The maximum absolute atomic E-state index is 13.0. The summed E-state index contributed by atoms with van der Waals surface area (Å²) in [7, 11) is 0. The van der Waals surface area contributed by atoms with Crippen LogP contribution in [0.3, 0.4) is 0 Å². The molecule has 1 aromatic carbocycles. The van der Waals surface area contributed by atoms with Crippen molar-refractivity contribution in [2.24, 2.45) is 0 Å². The Morgan fingerprint density at radius 1 is 1.35 bits per heavy atom. The van der Waals surface area contributed by atoms with Crippen LogP contribution in [0.15, 0.2) is 22.7 Å². The van der Waals surface area contributed by atoms with Crippen LogP contribution in [0.1, 0.15) is 5.82 Å². The Kier molecular flexibility index (Phi) is 3.95. The van der Waals surface area contributed by atoms with Gasteiger partial charge in [0.15, 0.2) is 5.82 Å². The lowest BCUT2D eigenvalue weighted by atomic mass is 10.2. The van der Waals surface area contributed by atoms with E-state index < -0.39 is 0 Å². The van der Waals surface area contributed by atoms with E-state index in [9.17, 15) is 4.39 Å². The molecule has 0 spiro atoms. The number of halogens is 2. The van der Waals surface area contributed by atoms with Gasteiger partial charge in [-0.05, 0) is 18.2 Å². The van der Waals surface area contributed by atoms with Crippen LogP contribution in [-0.2, 0) is 6.54 Å². The fraction of sp³-hybridized carbons (Fsp3) is 0.385. The van der Waals surface area contributed by atoms with Crippen LogP contribution in [0.4, 0.5) is 4.39 Å². The van der Waals surface area contributed by atoms with Crippen molar-refractivity contribution >= 4 is 11.6 Å². The van der Waals surface area contributed by atoms with Crippen LogP contribution in [0.5, 0.6) is 0 Å². The van der Waals surface area contributed by atoms with Crippen molar-refractivity contribution < 1.29 is 8.91 Å². The van der Waals surface area contributed by atoms with Gasteiger partial charge in [0, 0.05) is 26.2 Å².